The van der Waals surface area contributed by atoms with Gasteiger partial charge in [0.25, 0.3) is 10.0 Å². The van der Waals surface area contributed by atoms with Crippen molar-refractivity contribution in [2.75, 3.05) is 38.5 Å². The van der Waals surface area contributed by atoms with Crippen molar-refractivity contribution in [1.82, 2.24) is 14.6 Å². The normalized spacial score (nSPS) is 20.2. The molecule has 0 amide bonds. The smallest absolute Gasteiger partial charge is 0.260 e. The van der Waals surface area contributed by atoms with Gasteiger partial charge < -0.3 is 10.2 Å². The number of nitrogens with one attached hydrogen (secondary N) is 2. The molecule has 1 atom stereocenters. The monoisotopic (exact) mass is 298 g/mol. The first-order valence-electron chi connectivity index (χ1n) is 6.90. The Kier molecular flexibility index (Phi) is 4.95. The Bertz CT molecular complexity index is 547. The Morgan fingerprint density at radius 3 is 2.95 bits per heavy atom. The molecular weight excluding hydrogens is 276 g/mol. The lowest BCUT2D eigenvalue weighted by atomic mass is 10.1. The van der Waals surface area contributed by atoms with E-state index in [1.54, 1.807) is 12.1 Å². The van der Waals surface area contributed by atoms with Gasteiger partial charge in [-0.15, -0.1) is 0 Å². The van der Waals surface area contributed by atoms with Crippen molar-refractivity contribution in [3.63, 3.8) is 0 Å². The average molecular weight is 298 g/mol. The first-order valence-corrected chi connectivity index (χ1v) is 8.38. The number of anilines is 1. The zero-order valence-corrected chi connectivity index (χ0v) is 12.8. The van der Waals surface area contributed by atoms with Crippen LogP contribution >= 0.6 is 0 Å². The summed E-state index contributed by atoms with van der Waals surface area (Å²) in [4.78, 5) is 6.22. The first kappa shape index (κ1) is 15.2. The highest BCUT2D eigenvalue weighted by Gasteiger charge is 2.24. The van der Waals surface area contributed by atoms with Crippen LogP contribution in [0.4, 0.5) is 5.69 Å². The molecule has 112 valence electrons. The average Bonchev–Trinajstić information content (AvgIpc) is 2.83. The minimum atomic E-state index is -3.56. The maximum atomic E-state index is 12.3. The van der Waals surface area contributed by atoms with Gasteiger partial charge in [-0.2, -0.15) is 0 Å². The van der Waals surface area contributed by atoms with Crippen LogP contribution in [-0.2, 0) is 10.0 Å². The van der Waals surface area contributed by atoms with Crippen molar-refractivity contribution in [3.8, 4) is 0 Å². The predicted octanol–water partition coefficient (Wildman–Crippen LogP) is 0.743. The number of hydrogen-bond acceptors (Lipinski definition) is 5. The van der Waals surface area contributed by atoms with E-state index in [2.05, 4.69) is 27.0 Å². The minimum Gasteiger partial charge on any atom is -0.383 e. The van der Waals surface area contributed by atoms with E-state index in [1.165, 1.54) is 6.20 Å². The SMILES string of the molecule is CCNc1cccnc1S(=O)(=O)NCC1CCN(C)C1. The van der Waals surface area contributed by atoms with Gasteiger partial charge in [0.1, 0.15) is 0 Å². The molecule has 1 aromatic heterocycles. The molecule has 0 aliphatic carbocycles. The maximum absolute atomic E-state index is 12.3. The Labute approximate surface area is 120 Å². The van der Waals surface area contributed by atoms with Gasteiger partial charge in [0, 0.05) is 25.8 Å². The van der Waals surface area contributed by atoms with Gasteiger partial charge >= 0.3 is 0 Å². The Morgan fingerprint density at radius 1 is 1.50 bits per heavy atom. The lowest BCUT2D eigenvalue weighted by Crippen LogP contribution is -2.31. The standard InChI is InChI=1S/C13H22N4O2S/c1-3-14-12-5-4-7-15-13(12)20(18,19)16-9-11-6-8-17(2)10-11/h4-5,7,11,14,16H,3,6,8-10H2,1-2H3. The molecule has 0 saturated carbocycles. The Hall–Kier alpha value is -1.18. The first-order chi connectivity index (χ1) is 9.53. The van der Waals surface area contributed by atoms with Gasteiger partial charge in [0.15, 0.2) is 5.03 Å². The van der Waals surface area contributed by atoms with Crippen LogP contribution in [0.5, 0.6) is 0 Å². The predicted molar refractivity (Wildman–Crippen MR) is 79.2 cm³/mol. The van der Waals surface area contributed by atoms with Crippen LogP contribution in [0.15, 0.2) is 23.4 Å². The number of hydrogen-bond donors (Lipinski definition) is 2. The lowest BCUT2D eigenvalue weighted by molar-refractivity contribution is 0.394. The van der Waals surface area contributed by atoms with E-state index < -0.39 is 10.0 Å². The number of likely N-dealkylation sites (tertiary alicyclic amines) is 1. The highest BCUT2D eigenvalue weighted by atomic mass is 32.2. The summed E-state index contributed by atoms with van der Waals surface area (Å²) in [6.07, 6.45) is 2.53. The molecule has 0 aromatic carbocycles. The molecule has 2 heterocycles. The number of sulfonamides is 1. The molecule has 7 heteroatoms. The number of rotatable bonds is 6. The topological polar surface area (TPSA) is 74.3 Å². The molecule has 0 radical (unpaired) electrons. The van der Waals surface area contributed by atoms with E-state index in [0.29, 0.717) is 24.7 Å². The van der Waals surface area contributed by atoms with Crippen LogP contribution in [0, 0.1) is 5.92 Å². The van der Waals surface area contributed by atoms with E-state index in [1.807, 2.05) is 6.92 Å². The summed E-state index contributed by atoms with van der Waals surface area (Å²) in [6, 6.07) is 3.46. The van der Waals surface area contributed by atoms with Gasteiger partial charge in [-0.3, -0.25) is 0 Å². The zero-order valence-electron chi connectivity index (χ0n) is 12.0. The molecular formula is C13H22N4O2S. The van der Waals surface area contributed by atoms with E-state index in [9.17, 15) is 8.42 Å². The van der Waals surface area contributed by atoms with E-state index in [0.717, 1.165) is 19.5 Å². The molecule has 1 unspecified atom stereocenters. The van der Waals surface area contributed by atoms with Crippen molar-refractivity contribution in [1.29, 1.82) is 0 Å². The van der Waals surface area contributed by atoms with Gasteiger partial charge in [-0.25, -0.2) is 18.1 Å². The Morgan fingerprint density at radius 2 is 2.30 bits per heavy atom. The molecule has 1 fully saturated rings. The summed E-state index contributed by atoms with van der Waals surface area (Å²) in [5.74, 6) is 0.376. The van der Waals surface area contributed by atoms with Crippen molar-refractivity contribution in [2.45, 2.75) is 18.4 Å². The molecule has 1 aromatic rings. The van der Waals surface area contributed by atoms with Crippen LogP contribution in [-0.4, -0.2) is 51.5 Å². The fourth-order valence-electron chi connectivity index (χ4n) is 2.42. The van der Waals surface area contributed by atoms with Crippen LogP contribution in [0.1, 0.15) is 13.3 Å². The van der Waals surface area contributed by atoms with E-state index in [4.69, 9.17) is 0 Å². The zero-order chi connectivity index (χ0) is 14.6. The van der Waals surface area contributed by atoms with Crippen molar-refractivity contribution >= 4 is 15.7 Å². The fraction of sp³-hybridized carbons (Fsp3) is 0.615. The summed E-state index contributed by atoms with van der Waals surface area (Å²) in [7, 11) is -1.51. The maximum Gasteiger partial charge on any atom is 0.260 e. The third kappa shape index (κ3) is 3.68. The number of pyridine rings is 1. The number of nitrogens with zero attached hydrogens (tertiary/aromatic N) is 2. The summed E-state index contributed by atoms with van der Waals surface area (Å²) < 4.78 is 27.4. The molecule has 0 bridgehead atoms. The van der Waals surface area contributed by atoms with E-state index >= 15 is 0 Å². The molecule has 6 nitrogen and oxygen atoms in total. The minimum absolute atomic E-state index is 0.0770. The van der Waals surface area contributed by atoms with Crippen molar-refractivity contribution in [3.05, 3.63) is 18.3 Å². The lowest BCUT2D eigenvalue weighted by Gasteiger charge is -2.14. The highest BCUT2D eigenvalue weighted by molar-refractivity contribution is 7.89. The molecule has 20 heavy (non-hydrogen) atoms. The van der Waals surface area contributed by atoms with Crippen LogP contribution in [0.3, 0.4) is 0 Å². The highest BCUT2D eigenvalue weighted by Crippen LogP contribution is 2.19. The summed E-state index contributed by atoms with van der Waals surface area (Å²) >= 11 is 0. The largest absolute Gasteiger partial charge is 0.383 e. The third-order valence-corrected chi connectivity index (χ3v) is 4.83. The summed E-state index contributed by atoms with van der Waals surface area (Å²) in [5, 5.41) is 3.10. The second-order valence-electron chi connectivity index (χ2n) is 5.16. The molecule has 1 saturated heterocycles. The van der Waals surface area contributed by atoms with Gasteiger partial charge in [-0.1, -0.05) is 0 Å². The van der Waals surface area contributed by atoms with Gasteiger partial charge in [0.2, 0.25) is 0 Å². The second-order valence-corrected chi connectivity index (χ2v) is 6.84. The van der Waals surface area contributed by atoms with Crippen LogP contribution < -0.4 is 10.0 Å². The molecule has 2 N–H and O–H groups in total. The molecule has 2 rings (SSSR count). The van der Waals surface area contributed by atoms with Gasteiger partial charge in [0.05, 0.1) is 5.69 Å². The third-order valence-electron chi connectivity index (χ3n) is 3.44. The number of aromatic nitrogens is 1. The van der Waals surface area contributed by atoms with Crippen LogP contribution in [0.25, 0.3) is 0 Å². The summed E-state index contributed by atoms with van der Waals surface area (Å²) in [5.41, 5.74) is 0.547. The molecule has 0 spiro atoms. The quantitative estimate of drug-likeness (QED) is 0.810. The van der Waals surface area contributed by atoms with E-state index in [-0.39, 0.29) is 5.03 Å². The Balaban J connectivity index is 2.06. The van der Waals surface area contributed by atoms with Crippen LogP contribution in [0.2, 0.25) is 0 Å². The van der Waals surface area contributed by atoms with Gasteiger partial charge in [-0.05, 0) is 45.0 Å². The molecule has 1 aliphatic rings. The van der Waals surface area contributed by atoms with Crippen molar-refractivity contribution < 1.29 is 8.42 Å². The second kappa shape index (κ2) is 6.51. The van der Waals surface area contributed by atoms with Crippen molar-refractivity contribution in [2.24, 2.45) is 5.92 Å². The fourth-order valence-corrected chi connectivity index (χ4v) is 3.64. The molecule has 1 aliphatic heterocycles. The summed E-state index contributed by atoms with van der Waals surface area (Å²) in [6.45, 7) is 5.01.